The van der Waals surface area contributed by atoms with Gasteiger partial charge in [0.15, 0.2) is 16.6 Å². The monoisotopic (exact) mass is 441 g/mol. The molecule has 2 aromatic carbocycles. The van der Waals surface area contributed by atoms with Gasteiger partial charge in [-0.25, -0.2) is 0 Å². The third-order valence-corrected chi connectivity index (χ3v) is 4.92. The van der Waals surface area contributed by atoms with Crippen molar-refractivity contribution in [3.8, 4) is 5.75 Å². The molecule has 0 spiro atoms. The number of nitro groups is 1. The van der Waals surface area contributed by atoms with E-state index in [1.54, 1.807) is 11.4 Å². The molecule has 1 aliphatic heterocycles. The Labute approximate surface area is 172 Å². The third kappa shape index (κ3) is 3.66. The lowest BCUT2D eigenvalue weighted by atomic mass is 9.77. The molecule has 2 aromatic rings. The first-order valence-electron chi connectivity index (χ1n) is 8.40. The minimum Gasteiger partial charge on any atom is -0.502 e. The lowest BCUT2D eigenvalue weighted by Gasteiger charge is -2.46. The molecule has 1 fully saturated rings. The van der Waals surface area contributed by atoms with Gasteiger partial charge in [0.1, 0.15) is 5.92 Å². The number of rotatable bonds is 4. The predicted molar refractivity (Wildman–Crippen MR) is 102 cm³/mol. The Morgan fingerprint density at radius 1 is 1.20 bits per heavy atom. The van der Waals surface area contributed by atoms with Gasteiger partial charge in [-0.05, 0) is 23.8 Å². The number of thiocarbonyl (C=S) groups is 1. The molecule has 4 N–H and O–H groups in total. The number of alkyl halides is 3. The van der Waals surface area contributed by atoms with E-state index in [1.165, 1.54) is 24.3 Å². The number of aromatic hydroxyl groups is 1. The number of hydrogen-bond donors (Lipinski definition) is 4. The second kappa shape index (κ2) is 7.54. The number of carbonyl (C=O) groups excluding carboxylic acids is 1. The predicted octanol–water partition coefficient (Wildman–Crippen LogP) is 2.57. The second-order valence-corrected chi connectivity index (χ2v) is 6.96. The normalized spacial score (nSPS) is 23.9. The SMILES string of the molecule is O=C(c1ccccc1)[C@H]1[C@H](c2ccc(O)c([N+](=O)[O-])c2)NC(=S)N[C@]1(O)C(F)(F)F. The largest absolute Gasteiger partial charge is 0.502 e. The lowest BCUT2D eigenvalue weighted by molar-refractivity contribution is -0.386. The van der Waals surface area contributed by atoms with Crippen LogP contribution >= 0.6 is 12.2 Å². The van der Waals surface area contributed by atoms with E-state index in [1.807, 2.05) is 0 Å². The summed E-state index contributed by atoms with van der Waals surface area (Å²) in [6.07, 6.45) is -5.32. The summed E-state index contributed by atoms with van der Waals surface area (Å²) in [4.78, 5) is 23.3. The summed E-state index contributed by atoms with van der Waals surface area (Å²) >= 11 is 4.79. The summed E-state index contributed by atoms with van der Waals surface area (Å²) in [6, 6.07) is 8.25. The molecular weight excluding hydrogens is 427 g/mol. The zero-order valence-electron chi connectivity index (χ0n) is 14.9. The maximum Gasteiger partial charge on any atom is 0.437 e. The highest BCUT2D eigenvalue weighted by atomic mass is 32.1. The number of phenolic OH excluding ortho intramolecular Hbond substituents is 1. The highest BCUT2D eigenvalue weighted by Gasteiger charge is 2.65. The molecule has 1 saturated heterocycles. The third-order valence-electron chi connectivity index (χ3n) is 4.70. The minimum atomic E-state index is -5.32. The molecule has 1 heterocycles. The number of nitrogens with one attached hydrogen (secondary N) is 2. The Morgan fingerprint density at radius 3 is 2.40 bits per heavy atom. The molecule has 3 atom stereocenters. The number of Topliss-reactive ketones (excluding diaryl/α,β-unsaturated/α-hetero) is 1. The number of phenols is 1. The van der Waals surface area contributed by atoms with Gasteiger partial charge in [0, 0.05) is 11.6 Å². The van der Waals surface area contributed by atoms with Gasteiger partial charge < -0.3 is 20.8 Å². The fraction of sp³-hybridized carbons (Fsp3) is 0.222. The summed E-state index contributed by atoms with van der Waals surface area (Å²) in [5, 5.41) is 35.0. The Kier molecular flexibility index (Phi) is 5.39. The number of benzene rings is 2. The zero-order chi connectivity index (χ0) is 22.3. The molecule has 8 nitrogen and oxygen atoms in total. The summed E-state index contributed by atoms with van der Waals surface area (Å²) in [7, 11) is 0. The molecule has 0 amide bonds. The summed E-state index contributed by atoms with van der Waals surface area (Å²) in [5.41, 5.74) is -4.79. The standard InChI is InChI=1S/C18H14F3N3O5S/c19-18(20,21)17(27)13(15(26)9-4-2-1-3-5-9)14(22-16(30)23-17)10-6-7-12(25)11(8-10)24(28)29/h1-8,13-14,25,27H,(H2,22,23,30)/t13-,14+,17-/m1/s1. The van der Waals surface area contributed by atoms with Crippen molar-refractivity contribution in [2.75, 3.05) is 0 Å². The van der Waals surface area contributed by atoms with Gasteiger partial charge in [-0.15, -0.1) is 0 Å². The quantitative estimate of drug-likeness (QED) is 0.247. The van der Waals surface area contributed by atoms with Crippen LogP contribution < -0.4 is 10.6 Å². The topological polar surface area (TPSA) is 125 Å². The van der Waals surface area contributed by atoms with E-state index in [0.717, 1.165) is 18.2 Å². The number of aliphatic hydroxyl groups is 1. The van der Waals surface area contributed by atoms with Crippen LogP contribution in [0, 0.1) is 16.0 Å². The van der Waals surface area contributed by atoms with Crippen LogP contribution in [0.15, 0.2) is 48.5 Å². The first-order valence-corrected chi connectivity index (χ1v) is 8.81. The Bertz CT molecular complexity index is 1020. The second-order valence-electron chi connectivity index (χ2n) is 6.55. The van der Waals surface area contributed by atoms with Crippen LogP contribution in [0.2, 0.25) is 0 Å². The Hall–Kier alpha value is -3.25. The van der Waals surface area contributed by atoms with Crippen LogP contribution in [0.3, 0.4) is 0 Å². The number of nitro benzene ring substituents is 1. The van der Waals surface area contributed by atoms with Gasteiger partial charge >= 0.3 is 11.9 Å². The maximum absolute atomic E-state index is 13.9. The van der Waals surface area contributed by atoms with E-state index >= 15 is 0 Å². The zero-order valence-corrected chi connectivity index (χ0v) is 15.7. The molecular formula is C18H14F3N3O5S. The van der Waals surface area contributed by atoms with Crippen molar-refractivity contribution in [1.82, 2.24) is 10.6 Å². The summed E-state index contributed by atoms with van der Waals surface area (Å²) < 4.78 is 41.7. The number of carbonyl (C=O) groups is 1. The highest BCUT2D eigenvalue weighted by molar-refractivity contribution is 7.80. The Morgan fingerprint density at radius 2 is 1.83 bits per heavy atom. The van der Waals surface area contributed by atoms with E-state index in [4.69, 9.17) is 12.2 Å². The van der Waals surface area contributed by atoms with E-state index < -0.39 is 51.1 Å². The minimum absolute atomic E-state index is 0.111. The molecule has 12 heteroatoms. The van der Waals surface area contributed by atoms with E-state index in [2.05, 4.69) is 5.32 Å². The molecule has 0 aliphatic carbocycles. The first kappa shape index (κ1) is 21.5. The van der Waals surface area contributed by atoms with Crippen LogP contribution in [0.1, 0.15) is 22.0 Å². The summed E-state index contributed by atoms with van der Waals surface area (Å²) in [6.45, 7) is 0. The van der Waals surface area contributed by atoms with Crippen LogP contribution in [-0.4, -0.2) is 37.9 Å². The van der Waals surface area contributed by atoms with Crippen molar-refractivity contribution in [2.24, 2.45) is 5.92 Å². The lowest BCUT2D eigenvalue weighted by Crippen LogP contribution is -2.72. The van der Waals surface area contributed by atoms with Crippen LogP contribution in [0.5, 0.6) is 5.75 Å². The maximum atomic E-state index is 13.9. The highest BCUT2D eigenvalue weighted by Crippen LogP contribution is 2.44. The van der Waals surface area contributed by atoms with Crippen molar-refractivity contribution in [3.05, 3.63) is 69.8 Å². The van der Waals surface area contributed by atoms with E-state index in [-0.39, 0.29) is 11.1 Å². The molecule has 0 saturated carbocycles. The van der Waals surface area contributed by atoms with E-state index in [0.29, 0.717) is 0 Å². The van der Waals surface area contributed by atoms with Crippen molar-refractivity contribution in [2.45, 2.75) is 17.9 Å². The average molecular weight is 441 g/mol. The van der Waals surface area contributed by atoms with Gasteiger partial charge in [0.05, 0.1) is 11.0 Å². The number of nitrogens with zero attached hydrogens (tertiary/aromatic N) is 1. The molecule has 0 aromatic heterocycles. The molecule has 0 unspecified atom stereocenters. The molecule has 30 heavy (non-hydrogen) atoms. The number of ketones is 1. The van der Waals surface area contributed by atoms with Crippen molar-refractivity contribution < 1.29 is 33.1 Å². The number of hydrogen-bond acceptors (Lipinski definition) is 6. The summed E-state index contributed by atoms with van der Waals surface area (Å²) in [5.74, 6) is -3.98. The van der Waals surface area contributed by atoms with Gasteiger partial charge in [-0.1, -0.05) is 36.4 Å². The first-order chi connectivity index (χ1) is 14.0. The van der Waals surface area contributed by atoms with Gasteiger partial charge in [-0.2, -0.15) is 13.2 Å². The molecule has 0 radical (unpaired) electrons. The number of halogens is 3. The Balaban J connectivity index is 2.20. The molecule has 158 valence electrons. The van der Waals surface area contributed by atoms with Crippen LogP contribution in [0.4, 0.5) is 18.9 Å². The fourth-order valence-electron chi connectivity index (χ4n) is 3.28. The van der Waals surface area contributed by atoms with Crippen LogP contribution in [-0.2, 0) is 0 Å². The van der Waals surface area contributed by atoms with Crippen LogP contribution in [0.25, 0.3) is 0 Å². The van der Waals surface area contributed by atoms with E-state index in [9.17, 15) is 38.3 Å². The molecule has 1 aliphatic rings. The van der Waals surface area contributed by atoms with Crippen molar-refractivity contribution in [3.63, 3.8) is 0 Å². The van der Waals surface area contributed by atoms with Gasteiger partial charge in [-0.3, -0.25) is 14.9 Å². The molecule has 0 bridgehead atoms. The van der Waals surface area contributed by atoms with Gasteiger partial charge in [0.2, 0.25) is 5.72 Å². The smallest absolute Gasteiger partial charge is 0.437 e. The van der Waals surface area contributed by atoms with Crippen molar-refractivity contribution >= 4 is 28.8 Å². The average Bonchev–Trinajstić information content (AvgIpc) is 2.67. The molecule has 3 rings (SSSR count). The van der Waals surface area contributed by atoms with Crippen molar-refractivity contribution in [1.29, 1.82) is 0 Å². The van der Waals surface area contributed by atoms with Gasteiger partial charge in [0.25, 0.3) is 0 Å². The fourth-order valence-corrected chi connectivity index (χ4v) is 3.56.